The standard InChI is InChI=1S/C14H21NO3S2/c1-14(2,3)18-13(16)15-9-5-6-10(15)11-7-8-12(19-11)20(4)17/h7-8,10H,5-6,9H2,1-4H3/t10-,20?/m0/s1. The van der Waals surface area contributed by atoms with Crippen molar-refractivity contribution in [3.63, 3.8) is 0 Å². The maximum Gasteiger partial charge on any atom is 0.410 e. The van der Waals surface area contributed by atoms with E-state index in [-0.39, 0.29) is 12.1 Å². The molecule has 0 aliphatic carbocycles. The molecule has 2 atom stereocenters. The summed E-state index contributed by atoms with van der Waals surface area (Å²) in [4.78, 5) is 15.1. The summed E-state index contributed by atoms with van der Waals surface area (Å²) in [5.41, 5.74) is -0.476. The lowest BCUT2D eigenvalue weighted by Gasteiger charge is -2.28. The predicted octanol–water partition coefficient (Wildman–Crippen LogP) is 3.56. The summed E-state index contributed by atoms with van der Waals surface area (Å²) in [5.74, 6) is 0. The summed E-state index contributed by atoms with van der Waals surface area (Å²) in [6.07, 6.45) is 3.34. The number of hydrogen-bond donors (Lipinski definition) is 0. The molecule has 1 aromatic rings. The summed E-state index contributed by atoms with van der Waals surface area (Å²) in [6, 6.07) is 3.93. The van der Waals surface area contributed by atoms with Gasteiger partial charge in [-0.25, -0.2) is 4.79 Å². The molecule has 112 valence electrons. The Labute approximate surface area is 127 Å². The van der Waals surface area contributed by atoms with E-state index < -0.39 is 16.8 Å². The Hall–Kier alpha value is -0.720. The molecule has 1 aromatic heterocycles. The van der Waals surface area contributed by atoms with Crippen LogP contribution in [0.3, 0.4) is 0 Å². The van der Waals surface area contributed by atoms with Gasteiger partial charge in [-0.1, -0.05) is 11.3 Å². The highest BCUT2D eigenvalue weighted by Crippen LogP contribution is 2.37. The molecule has 1 aliphatic heterocycles. The van der Waals surface area contributed by atoms with Gasteiger partial charge in [-0.05, 0) is 50.9 Å². The number of thiophene rings is 1. The van der Waals surface area contributed by atoms with Gasteiger partial charge in [0.1, 0.15) is 11.9 Å². The molecule has 1 amide bonds. The lowest BCUT2D eigenvalue weighted by atomic mass is 10.2. The van der Waals surface area contributed by atoms with Gasteiger partial charge in [0, 0.05) is 17.5 Å². The zero-order chi connectivity index (χ0) is 14.9. The Morgan fingerprint density at radius 1 is 1.50 bits per heavy atom. The number of carbonyl (C=O) groups excluding carboxylic acids is 1. The van der Waals surface area contributed by atoms with Gasteiger partial charge in [-0.3, -0.25) is 0 Å². The molecule has 0 saturated carbocycles. The van der Waals surface area contributed by atoms with E-state index in [0.29, 0.717) is 0 Å². The van der Waals surface area contributed by atoms with Gasteiger partial charge in [-0.2, -0.15) is 0 Å². The van der Waals surface area contributed by atoms with Crippen LogP contribution in [0.5, 0.6) is 0 Å². The largest absolute Gasteiger partial charge is 0.611 e. The third-order valence-corrected chi connectivity index (χ3v) is 5.73. The Balaban J connectivity index is 2.12. The monoisotopic (exact) mass is 315 g/mol. The van der Waals surface area contributed by atoms with Crippen LogP contribution in [0.2, 0.25) is 0 Å². The van der Waals surface area contributed by atoms with Crippen molar-refractivity contribution in [3.8, 4) is 0 Å². The van der Waals surface area contributed by atoms with E-state index >= 15 is 0 Å². The van der Waals surface area contributed by atoms with E-state index in [1.165, 1.54) is 11.3 Å². The van der Waals surface area contributed by atoms with Crippen LogP contribution in [-0.4, -0.2) is 33.9 Å². The van der Waals surface area contributed by atoms with E-state index in [9.17, 15) is 9.35 Å². The maximum absolute atomic E-state index is 12.2. The molecule has 0 radical (unpaired) electrons. The van der Waals surface area contributed by atoms with E-state index in [2.05, 4.69) is 0 Å². The van der Waals surface area contributed by atoms with Crippen LogP contribution in [0.15, 0.2) is 16.3 Å². The zero-order valence-electron chi connectivity index (χ0n) is 12.3. The highest BCUT2D eigenvalue weighted by atomic mass is 32.2. The number of carbonyl (C=O) groups is 1. The van der Waals surface area contributed by atoms with Crippen LogP contribution in [0.1, 0.15) is 44.5 Å². The SMILES string of the molecule is C[S+]([O-])c1ccc([C@@H]2CCCN2C(=O)OC(C)(C)C)s1. The van der Waals surface area contributed by atoms with Crippen molar-refractivity contribution in [1.82, 2.24) is 4.90 Å². The summed E-state index contributed by atoms with van der Waals surface area (Å²) in [5, 5.41) is 0. The van der Waals surface area contributed by atoms with Crippen LogP contribution < -0.4 is 0 Å². The normalized spacial score (nSPS) is 21.1. The molecule has 20 heavy (non-hydrogen) atoms. The molecule has 0 N–H and O–H groups in total. The second-order valence-corrected chi connectivity index (χ2v) is 8.66. The van der Waals surface area contributed by atoms with Gasteiger partial charge < -0.3 is 14.2 Å². The molecular weight excluding hydrogens is 294 g/mol. The molecule has 1 aliphatic rings. The summed E-state index contributed by atoms with van der Waals surface area (Å²) < 4.78 is 17.8. The first-order chi connectivity index (χ1) is 9.28. The minimum absolute atomic E-state index is 0.0622. The van der Waals surface area contributed by atoms with Crippen molar-refractivity contribution in [2.75, 3.05) is 12.8 Å². The van der Waals surface area contributed by atoms with E-state index in [1.807, 2.05) is 32.9 Å². The summed E-state index contributed by atoms with van der Waals surface area (Å²) >= 11 is 0.566. The highest BCUT2D eigenvalue weighted by Gasteiger charge is 2.34. The quantitative estimate of drug-likeness (QED) is 0.784. The van der Waals surface area contributed by atoms with Crippen molar-refractivity contribution in [2.45, 2.75) is 49.5 Å². The smallest absolute Gasteiger partial charge is 0.410 e. The molecule has 1 fully saturated rings. The van der Waals surface area contributed by atoms with Crippen molar-refractivity contribution >= 4 is 28.6 Å². The summed E-state index contributed by atoms with van der Waals surface area (Å²) in [6.45, 7) is 6.35. The van der Waals surface area contributed by atoms with Crippen LogP contribution in [0, 0.1) is 0 Å². The Bertz CT molecular complexity index is 479. The minimum atomic E-state index is -0.962. The highest BCUT2D eigenvalue weighted by molar-refractivity contribution is 7.92. The fourth-order valence-electron chi connectivity index (χ4n) is 2.27. The van der Waals surface area contributed by atoms with Gasteiger partial charge in [0.15, 0.2) is 0 Å². The van der Waals surface area contributed by atoms with E-state index in [4.69, 9.17) is 4.74 Å². The van der Waals surface area contributed by atoms with Crippen molar-refractivity contribution in [3.05, 3.63) is 17.0 Å². The molecule has 4 nitrogen and oxygen atoms in total. The van der Waals surface area contributed by atoms with Crippen molar-refractivity contribution < 1.29 is 14.1 Å². The average molecular weight is 315 g/mol. The first-order valence-electron chi connectivity index (χ1n) is 6.71. The second-order valence-electron chi connectivity index (χ2n) is 5.94. The lowest BCUT2D eigenvalue weighted by Crippen LogP contribution is -2.36. The topological polar surface area (TPSA) is 52.6 Å². The molecule has 6 heteroatoms. The Morgan fingerprint density at radius 2 is 2.20 bits per heavy atom. The van der Waals surface area contributed by atoms with Crippen LogP contribution in [0.25, 0.3) is 0 Å². The lowest BCUT2D eigenvalue weighted by molar-refractivity contribution is 0.0227. The Kier molecular flexibility index (Phi) is 4.66. The van der Waals surface area contributed by atoms with Crippen LogP contribution in [0.4, 0.5) is 4.79 Å². The third kappa shape index (κ3) is 3.68. The number of ether oxygens (including phenoxy) is 1. The number of rotatable bonds is 2. The summed E-state index contributed by atoms with van der Waals surface area (Å²) in [7, 11) is 0. The fourth-order valence-corrected chi connectivity index (χ4v) is 4.17. The minimum Gasteiger partial charge on any atom is -0.611 e. The van der Waals surface area contributed by atoms with E-state index in [1.54, 1.807) is 11.2 Å². The molecule has 1 saturated heterocycles. The molecule has 1 unspecified atom stereocenters. The number of nitrogens with zero attached hydrogens (tertiary/aromatic N) is 1. The third-order valence-electron chi connectivity index (χ3n) is 3.09. The van der Waals surface area contributed by atoms with E-state index in [0.717, 1.165) is 28.5 Å². The number of likely N-dealkylation sites (tertiary alicyclic amines) is 1. The van der Waals surface area contributed by atoms with Gasteiger partial charge in [-0.15, -0.1) is 0 Å². The number of hydrogen-bond acceptors (Lipinski definition) is 4. The maximum atomic E-state index is 12.2. The molecule has 2 rings (SSSR count). The predicted molar refractivity (Wildman–Crippen MR) is 81.6 cm³/mol. The molecule has 0 aromatic carbocycles. The number of amides is 1. The van der Waals surface area contributed by atoms with Crippen LogP contribution in [-0.2, 0) is 15.9 Å². The fraction of sp³-hybridized carbons (Fsp3) is 0.643. The average Bonchev–Trinajstić information content (AvgIpc) is 2.95. The van der Waals surface area contributed by atoms with Gasteiger partial charge >= 0.3 is 6.09 Å². The molecular formula is C14H21NO3S2. The van der Waals surface area contributed by atoms with Crippen molar-refractivity contribution in [2.24, 2.45) is 0 Å². The van der Waals surface area contributed by atoms with Crippen LogP contribution >= 0.6 is 11.3 Å². The van der Waals surface area contributed by atoms with Crippen molar-refractivity contribution in [1.29, 1.82) is 0 Å². The molecule has 0 spiro atoms. The Morgan fingerprint density at radius 3 is 2.75 bits per heavy atom. The first-order valence-corrected chi connectivity index (χ1v) is 9.08. The van der Waals surface area contributed by atoms with Gasteiger partial charge in [0.05, 0.1) is 6.04 Å². The van der Waals surface area contributed by atoms with Gasteiger partial charge in [0.2, 0.25) is 4.21 Å². The zero-order valence-corrected chi connectivity index (χ0v) is 14.0. The second kappa shape index (κ2) is 5.95. The molecule has 0 bridgehead atoms. The molecule has 2 heterocycles. The first kappa shape index (κ1) is 15.7. The van der Waals surface area contributed by atoms with Gasteiger partial charge in [0.25, 0.3) is 0 Å².